The highest BCUT2D eigenvalue weighted by Gasteiger charge is 2.43. The maximum absolute atomic E-state index is 11.2. The third-order valence-corrected chi connectivity index (χ3v) is 5.18. The fraction of sp³-hybridized carbons (Fsp3) is 0.900. The topological polar surface area (TPSA) is 70.0 Å². The van der Waals surface area contributed by atoms with Crippen molar-refractivity contribution in [1.29, 1.82) is 5.26 Å². The van der Waals surface area contributed by atoms with Crippen molar-refractivity contribution in [2.75, 3.05) is 18.1 Å². The van der Waals surface area contributed by atoms with Crippen molar-refractivity contribution in [2.24, 2.45) is 5.41 Å². The van der Waals surface area contributed by atoms with Crippen LogP contribution >= 0.6 is 0 Å². The second-order valence-electron chi connectivity index (χ2n) is 4.82. The molecule has 15 heavy (non-hydrogen) atoms. The van der Waals surface area contributed by atoms with Crippen molar-refractivity contribution in [2.45, 2.75) is 31.7 Å². The van der Waals surface area contributed by atoms with E-state index in [2.05, 4.69) is 11.4 Å². The highest BCUT2D eigenvalue weighted by Crippen LogP contribution is 2.48. The lowest BCUT2D eigenvalue weighted by atomic mass is 10.0. The van der Waals surface area contributed by atoms with E-state index in [1.165, 1.54) is 0 Å². The van der Waals surface area contributed by atoms with Crippen molar-refractivity contribution in [3.63, 3.8) is 0 Å². The summed E-state index contributed by atoms with van der Waals surface area (Å²) in [5, 5.41) is 11.9. The summed E-state index contributed by atoms with van der Waals surface area (Å²) in [7, 11) is -2.78. The molecule has 1 heterocycles. The average molecular weight is 228 g/mol. The van der Waals surface area contributed by atoms with E-state index in [9.17, 15) is 8.42 Å². The summed E-state index contributed by atoms with van der Waals surface area (Å²) >= 11 is 0. The summed E-state index contributed by atoms with van der Waals surface area (Å²) in [5.41, 5.74) is 0.168. The van der Waals surface area contributed by atoms with E-state index >= 15 is 0 Å². The molecule has 1 aliphatic heterocycles. The predicted octanol–water partition coefficient (Wildman–Crippen LogP) is 0.457. The molecule has 5 heteroatoms. The van der Waals surface area contributed by atoms with Gasteiger partial charge in [0.2, 0.25) is 0 Å². The van der Waals surface area contributed by atoms with Crippen LogP contribution in [0.3, 0.4) is 0 Å². The summed E-state index contributed by atoms with van der Waals surface area (Å²) in [5.74, 6) is 0.589. The molecule has 1 N–H and O–H groups in total. The van der Waals surface area contributed by atoms with Gasteiger partial charge in [-0.05, 0) is 24.7 Å². The lowest BCUT2D eigenvalue weighted by Gasteiger charge is -2.16. The monoisotopic (exact) mass is 228 g/mol. The van der Waals surface area contributed by atoms with Crippen molar-refractivity contribution >= 4 is 9.84 Å². The van der Waals surface area contributed by atoms with E-state index in [1.54, 1.807) is 0 Å². The highest BCUT2D eigenvalue weighted by atomic mass is 32.2. The molecule has 0 spiro atoms. The predicted molar refractivity (Wildman–Crippen MR) is 57.0 cm³/mol. The molecular formula is C10H16N2O2S. The molecule has 2 fully saturated rings. The van der Waals surface area contributed by atoms with E-state index in [-0.39, 0.29) is 17.2 Å². The molecule has 2 aliphatic rings. The van der Waals surface area contributed by atoms with Gasteiger partial charge in [-0.15, -0.1) is 0 Å². The molecule has 2 rings (SSSR count). The van der Waals surface area contributed by atoms with Gasteiger partial charge in [-0.25, -0.2) is 8.42 Å². The molecule has 0 amide bonds. The highest BCUT2D eigenvalue weighted by molar-refractivity contribution is 7.91. The van der Waals surface area contributed by atoms with Crippen molar-refractivity contribution in [3.8, 4) is 6.07 Å². The first-order chi connectivity index (χ1) is 7.05. The number of nitrogens with zero attached hydrogens (tertiary/aromatic N) is 1. The molecule has 1 unspecified atom stereocenters. The van der Waals surface area contributed by atoms with Gasteiger partial charge in [-0.3, -0.25) is 0 Å². The largest absolute Gasteiger partial charge is 0.312 e. The molecule has 0 bridgehead atoms. The SMILES string of the molecule is N#CCC1(CNC2CCS(=O)(=O)C2)CC1. The molecule has 1 saturated heterocycles. The fourth-order valence-electron chi connectivity index (χ4n) is 2.08. The Morgan fingerprint density at radius 3 is 2.67 bits per heavy atom. The lowest BCUT2D eigenvalue weighted by molar-refractivity contribution is 0.429. The van der Waals surface area contributed by atoms with Crippen molar-refractivity contribution < 1.29 is 8.42 Å². The summed E-state index contributed by atoms with van der Waals surface area (Å²) in [4.78, 5) is 0. The summed E-state index contributed by atoms with van der Waals surface area (Å²) < 4.78 is 22.4. The standard InChI is InChI=1S/C10H16N2O2S/c11-5-4-10(2-3-10)8-12-9-1-6-15(13,14)7-9/h9,12H,1-4,6-8H2. The van der Waals surface area contributed by atoms with Crippen LogP contribution in [-0.2, 0) is 9.84 Å². The summed E-state index contributed by atoms with van der Waals surface area (Å²) in [6.45, 7) is 0.806. The first-order valence-electron chi connectivity index (χ1n) is 5.36. The van der Waals surface area contributed by atoms with Gasteiger partial charge in [0.15, 0.2) is 9.84 Å². The maximum atomic E-state index is 11.2. The Bertz CT molecular complexity index is 379. The van der Waals surface area contributed by atoms with Crippen LogP contribution in [0.5, 0.6) is 0 Å². The van der Waals surface area contributed by atoms with Gasteiger partial charge in [0.1, 0.15) is 0 Å². The molecule has 0 aromatic heterocycles. The van der Waals surface area contributed by atoms with E-state index in [1.807, 2.05) is 0 Å². The first kappa shape index (κ1) is 10.9. The third kappa shape index (κ3) is 2.70. The van der Waals surface area contributed by atoms with Crippen LogP contribution < -0.4 is 5.32 Å². The van der Waals surface area contributed by atoms with Gasteiger partial charge in [0, 0.05) is 19.0 Å². The minimum absolute atomic E-state index is 0.117. The number of hydrogen-bond acceptors (Lipinski definition) is 4. The van der Waals surface area contributed by atoms with E-state index in [0.29, 0.717) is 12.2 Å². The minimum Gasteiger partial charge on any atom is -0.312 e. The van der Waals surface area contributed by atoms with Crippen molar-refractivity contribution in [1.82, 2.24) is 5.32 Å². The number of rotatable bonds is 4. The van der Waals surface area contributed by atoms with Crippen LogP contribution in [0.15, 0.2) is 0 Å². The molecule has 1 saturated carbocycles. The summed E-state index contributed by atoms with van der Waals surface area (Å²) in [6, 6.07) is 2.32. The van der Waals surface area contributed by atoms with E-state index in [4.69, 9.17) is 5.26 Å². The molecule has 0 aromatic rings. The molecule has 1 aliphatic carbocycles. The lowest BCUT2D eigenvalue weighted by Crippen LogP contribution is -2.34. The van der Waals surface area contributed by atoms with E-state index < -0.39 is 9.84 Å². The Balaban J connectivity index is 1.78. The summed E-state index contributed by atoms with van der Waals surface area (Å²) in [6.07, 6.45) is 3.53. The third-order valence-electron chi connectivity index (χ3n) is 3.41. The molecule has 0 radical (unpaired) electrons. The first-order valence-corrected chi connectivity index (χ1v) is 7.18. The Kier molecular flexibility index (Phi) is 2.73. The number of nitrogens with one attached hydrogen (secondary N) is 1. The van der Waals surface area contributed by atoms with Gasteiger partial charge in [0.05, 0.1) is 17.6 Å². The number of nitriles is 1. The second-order valence-corrected chi connectivity index (χ2v) is 7.04. The van der Waals surface area contributed by atoms with E-state index in [0.717, 1.165) is 25.8 Å². The van der Waals surface area contributed by atoms with Crippen LogP contribution in [0.2, 0.25) is 0 Å². The van der Waals surface area contributed by atoms with Gasteiger partial charge in [-0.2, -0.15) is 5.26 Å². The zero-order valence-corrected chi connectivity index (χ0v) is 9.52. The Hall–Kier alpha value is -0.600. The number of hydrogen-bond donors (Lipinski definition) is 1. The van der Waals surface area contributed by atoms with Crippen LogP contribution in [-0.4, -0.2) is 32.5 Å². The smallest absolute Gasteiger partial charge is 0.151 e. The molecule has 1 atom stereocenters. The minimum atomic E-state index is -2.78. The van der Waals surface area contributed by atoms with Crippen LogP contribution in [0.1, 0.15) is 25.7 Å². The maximum Gasteiger partial charge on any atom is 0.151 e. The molecule has 4 nitrogen and oxygen atoms in total. The zero-order chi connectivity index (χ0) is 10.9. The van der Waals surface area contributed by atoms with Gasteiger partial charge in [0.25, 0.3) is 0 Å². The number of sulfone groups is 1. The quantitative estimate of drug-likeness (QED) is 0.758. The Morgan fingerprint density at radius 2 is 2.20 bits per heavy atom. The van der Waals surface area contributed by atoms with Crippen LogP contribution in [0.4, 0.5) is 0 Å². The molecular weight excluding hydrogens is 212 g/mol. The van der Waals surface area contributed by atoms with Crippen molar-refractivity contribution in [3.05, 3.63) is 0 Å². The van der Waals surface area contributed by atoms with Gasteiger partial charge in [-0.1, -0.05) is 0 Å². The average Bonchev–Trinajstić information content (AvgIpc) is 2.83. The molecule has 0 aromatic carbocycles. The Morgan fingerprint density at radius 1 is 1.47 bits per heavy atom. The zero-order valence-electron chi connectivity index (χ0n) is 8.70. The fourth-order valence-corrected chi connectivity index (χ4v) is 3.79. The molecule has 84 valence electrons. The Labute approximate surface area is 90.6 Å². The van der Waals surface area contributed by atoms with Gasteiger partial charge >= 0.3 is 0 Å². The second kappa shape index (κ2) is 3.76. The normalized spacial score (nSPS) is 31.0. The van der Waals surface area contributed by atoms with Crippen LogP contribution in [0.25, 0.3) is 0 Å². The van der Waals surface area contributed by atoms with Crippen LogP contribution in [0, 0.1) is 16.7 Å². The van der Waals surface area contributed by atoms with Gasteiger partial charge < -0.3 is 5.32 Å².